The summed E-state index contributed by atoms with van der Waals surface area (Å²) in [5, 5.41) is 0. The molecule has 1 heterocycles. The third kappa shape index (κ3) is 2.22. The minimum Gasteiger partial charge on any atom is -0.323 e. The molecule has 0 aliphatic heterocycles. The van der Waals surface area contributed by atoms with E-state index in [0.29, 0.717) is 0 Å². The number of rotatable bonds is 1. The van der Waals surface area contributed by atoms with E-state index in [-0.39, 0.29) is 11.5 Å². The van der Waals surface area contributed by atoms with Crippen molar-refractivity contribution in [1.82, 2.24) is 0 Å². The van der Waals surface area contributed by atoms with E-state index >= 15 is 0 Å². The summed E-state index contributed by atoms with van der Waals surface area (Å²) in [5.41, 5.74) is 6.14. The lowest BCUT2D eigenvalue weighted by molar-refractivity contribution is 0.331. The Balaban J connectivity index is 2.85. The maximum atomic E-state index is 6.04. The molecule has 0 fully saturated rings. The van der Waals surface area contributed by atoms with Crippen LogP contribution in [0.25, 0.3) is 0 Å². The van der Waals surface area contributed by atoms with Gasteiger partial charge in [-0.05, 0) is 17.5 Å². The SMILES string of the molecule is CC(C)(C)[C@@H](N)c1ccc(Cl)s1. The smallest absolute Gasteiger partial charge is 0.0931 e. The number of thiophene rings is 1. The largest absolute Gasteiger partial charge is 0.323 e. The Morgan fingerprint density at radius 3 is 2.33 bits per heavy atom. The predicted molar refractivity (Wildman–Crippen MR) is 55.7 cm³/mol. The van der Waals surface area contributed by atoms with Gasteiger partial charge in [-0.25, -0.2) is 0 Å². The molecule has 2 N–H and O–H groups in total. The molecule has 0 saturated heterocycles. The molecular weight excluding hydrogens is 190 g/mol. The number of halogens is 1. The number of hydrogen-bond acceptors (Lipinski definition) is 2. The Bertz CT molecular complexity index is 262. The summed E-state index contributed by atoms with van der Waals surface area (Å²) in [6.45, 7) is 6.39. The zero-order valence-electron chi connectivity index (χ0n) is 7.60. The van der Waals surface area contributed by atoms with Gasteiger partial charge in [0.05, 0.1) is 4.34 Å². The topological polar surface area (TPSA) is 26.0 Å². The molecule has 3 heteroatoms. The third-order valence-corrected chi connectivity index (χ3v) is 3.15. The van der Waals surface area contributed by atoms with Gasteiger partial charge in [0.15, 0.2) is 0 Å². The van der Waals surface area contributed by atoms with Gasteiger partial charge in [0, 0.05) is 10.9 Å². The second kappa shape index (κ2) is 3.36. The first kappa shape index (κ1) is 10.0. The van der Waals surface area contributed by atoms with Crippen LogP contribution in [0.4, 0.5) is 0 Å². The van der Waals surface area contributed by atoms with E-state index in [1.54, 1.807) is 11.3 Å². The molecule has 0 aromatic carbocycles. The Kier molecular flexibility index (Phi) is 2.81. The lowest BCUT2D eigenvalue weighted by atomic mass is 9.87. The van der Waals surface area contributed by atoms with Crippen LogP contribution in [0.1, 0.15) is 31.7 Å². The molecule has 68 valence electrons. The highest BCUT2D eigenvalue weighted by atomic mass is 35.5. The first-order valence-electron chi connectivity index (χ1n) is 3.92. The highest BCUT2D eigenvalue weighted by Crippen LogP contribution is 2.35. The fraction of sp³-hybridized carbons (Fsp3) is 0.556. The van der Waals surface area contributed by atoms with E-state index in [2.05, 4.69) is 20.8 Å². The van der Waals surface area contributed by atoms with Gasteiger partial charge in [-0.3, -0.25) is 0 Å². The highest BCUT2D eigenvalue weighted by Gasteiger charge is 2.23. The van der Waals surface area contributed by atoms with E-state index in [9.17, 15) is 0 Å². The summed E-state index contributed by atoms with van der Waals surface area (Å²) in [4.78, 5) is 1.16. The molecule has 0 aliphatic carbocycles. The zero-order valence-corrected chi connectivity index (χ0v) is 9.17. The average Bonchev–Trinajstić information content (AvgIpc) is 2.32. The molecule has 1 aromatic rings. The molecule has 1 aromatic heterocycles. The van der Waals surface area contributed by atoms with Crippen molar-refractivity contribution in [2.24, 2.45) is 11.1 Å². The standard InChI is InChI=1S/C9H14ClNS/c1-9(2,3)8(11)6-4-5-7(10)12-6/h4-5,8H,11H2,1-3H3/t8-/m0/s1. The van der Waals surface area contributed by atoms with Crippen LogP contribution in [-0.4, -0.2) is 0 Å². The van der Waals surface area contributed by atoms with Crippen molar-refractivity contribution in [2.45, 2.75) is 26.8 Å². The van der Waals surface area contributed by atoms with Crippen LogP contribution in [0.3, 0.4) is 0 Å². The van der Waals surface area contributed by atoms with Gasteiger partial charge in [-0.15, -0.1) is 11.3 Å². The maximum absolute atomic E-state index is 6.04. The van der Waals surface area contributed by atoms with Crippen LogP contribution in [-0.2, 0) is 0 Å². The minimum absolute atomic E-state index is 0.0787. The molecule has 0 saturated carbocycles. The fourth-order valence-corrected chi connectivity index (χ4v) is 2.23. The van der Waals surface area contributed by atoms with Gasteiger partial charge in [0.1, 0.15) is 0 Å². The Morgan fingerprint density at radius 1 is 1.42 bits per heavy atom. The third-order valence-electron chi connectivity index (χ3n) is 1.83. The van der Waals surface area contributed by atoms with Crippen LogP contribution >= 0.6 is 22.9 Å². The molecule has 0 amide bonds. The molecule has 0 unspecified atom stereocenters. The summed E-state index contributed by atoms with van der Waals surface area (Å²) in [6, 6.07) is 3.98. The fourth-order valence-electron chi connectivity index (χ4n) is 0.922. The van der Waals surface area contributed by atoms with Crippen LogP contribution < -0.4 is 5.73 Å². The van der Waals surface area contributed by atoms with E-state index in [4.69, 9.17) is 17.3 Å². The first-order chi connectivity index (χ1) is 5.41. The van der Waals surface area contributed by atoms with Crippen molar-refractivity contribution in [3.8, 4) is 0 Å². The lowest BCUT2D eigenvalue weighted by Crippen LogP contribution is -2.25. The summed E-state index contributed by atoms with van der Waals surface area (Å²) in [5.74, 6) is 0. The second-order valence-electron chi connectivity index (χ2n) is 3.99. The molecule has 0 radical (unpaired) electrons. The second-order valence-corrected chi connectivity index (χ2v) is 5.73. The molecule has 1 rings (SSSR count). The normalized spacial score (nSPS) is 14.8. The first-order valence-corrected chi connectivity index (χ1v) is 5.11. The van der Waals surface area contributed by atoms with E-state index in [1.165, 1.54) is 0 Å². The van der Waals surface area contributed by atoms with Gasteiger partial charge in [-0.1, -0.05) is 32.4 Å². The Morgan fingerprint density at radius 2 is 2.00 bits per heavy atom. The monoisotopic (exact) mass is 203 g/mol. The lowest BCUT2D eigenvalue weighted by Gasteiger charge is -2.25. The number of hydrogen-bond donors (Lipinski definition) is 1. The summed E-state index contributed by atoms with van der Waals surface area (Å²) < 4.78 is 0.810. The van der Waals surface area contributed by atoms with Crippen LogP contribution in [0.2, 0.25) is 4.34 Å². The maximum Gasteiger partial charge on any atom is 0.0931 e. The van der Waals surface area contributed by atoms with Crippen LogP contribution in [0.5, 0.6) is 0 Å². The number of nitrogens with two attached hydrogens (primary N) is 1. The van der Waals surface area contributed by atoms with Crippen molar-refractivity contribution >= 4 is 22.9 Å². The van der Waals surface area contributed by atoms with Gasteiger partial charge in [-0.2, -0.15) is 0 Å². The molecule has 0 spiro atoms. The van der Waals surface area contributed by atoms with E-state index in [0.717, 1.165) is 9.21 Å². The van der Waals surface area contributed by atoms with E-state index in [1.807, 2.05) is 12.1 Å². The van der Waals surface area contributed by atoms with Crippen molar-refractivity contribution in [1.29, 1.82) is 0 Å². The predicted octanol–water partition coefficient (Wildman–Crippen LogP) is 3.45. The molecular formula is C9H14ClNS. The molecule has 1 atom stereocenters. The zero-order chi connectivity index (χ0) is 9.35. The van der Waals surface area contributed by atoms with Crippen molar-refractivity contribution in [2.75, 3.05) is 0 Å². The molecule has 12 heavy (non-hydrogen) atoms. The van der Waals surface area contributed by atoms with Crippen molar-refractivity contribution in [3.63, 3.8) is 0 Å². The summed E-state index contributed by atoms with van der Waals surface area (Å²) in [6.07, 6.45) is 0. The van der Waals surface area contributed by atoms with Crippen molar-refractivity contribution < 1.29 is 0 Å². The van der Waals surface area contributed by atoms with Crippen molar-refractivity contribution in [3.05, 3.63) is 21.3 Å². The van der Waals surface area contributed by atoms with Gasteiger partial charge in [0.2, 0.25) is 0 Å². The highest BCUT2D eigenvalue weighted by molar-refractivity contribution is 7.16. The minimum atomic E-state index is 0.0787. The Hall–Kier alpha value is -0.0500. The van der Waals surface area contributed by atoms with Gasteiger partial charge < -0.3 is 5.73 Å². The van der Waals surface area contributed by atoms with E-state index < -0.39 is 0 Å². The summed E-state index contributed by atoms with van der Waals surface area (Å²) >= 11 is 7.38. The van der Waals surface area contributed by atoms with Gasteiger partial charge >= 0.3 is 0 Å². The average molecular weight is 204 g/mol. The van der Waals surface area contributed by atoms with Crippen LogP contribution in [0, 0.1) is 5.41 Å². The Labute approximate surface area is 82.5 Å². The summed E-state index contributed by atoms with van der Waals surface area (Å²) in [7, 11) is 0. The quantitative estimate of drug-likeness (QED) is 0.744. The molecule has 0 aliphatic rings. The molecule has 1 nitrogen and oxygen atoms in total. The van der Waals surface area contributed by atoms with Gasteiger partial charge in [0.25, 0.3) is 0 Å². The van der Waals surface area contributed by atoms with Crippen LogP contribution in [0.15, 0.2) is 12.1 Å². The molecule has 0 bridgehead atoms.